The van der Waals surface area contributed by atoms with E-state index in [1.807, 2.05) is 20.8 Å². The van der Waals surface area contributed by atoms with Gasteiger partial charge in [-0.2, -0.15) is 0 Å². The molecule has 130 valence electrons. The largest absolute Gasteiger partial charge is 0.444 e. The van der Waals surface area contributed by atoms with Gasteiger partial charge >= 0.3 is 6.09 Å². The van der Waals surface area contributed by atoms with Crippen LogP contribution in [-0.2, 0) is 4.74 Å². The highest BCUT2D eigenvalue weighted by Gasteiger charge is 2.30. The first-order chi connectivity index (χ1) is 11.2. The summed E-state index contributed by atoms with van der Waals surface area (Å²) in [5.74, 6) is 0.632. The van der Waals surface area contributed by atoms with Crippen molar-refractivity contribution in [3.63, 3.8) is 0 Å². The number of aromatic nitrogens is 3. The number of imidazole rings is 1. The molecule has 1 aliphatic rings. The van der Waals surface area contributed by atoms with Crippen molar-refractivity contribution in [2.75, 3.05) is 18.4 Å². The fourth-order valence-corrected chi connectivity index (χ4v) is 3.14. The molecule has 0 spiro atoms. The van der Waals surface area contributed by atoms with Gasteiger partial charge in [0.15, 0.2) is 11.5 Å². The van der Waals surface area contributed by atoms with Crippen LogP contribution in [0.5, 0.6) is 0 Å². The summed E-state index contributed by atoms with van der Waals surface area (Å²) in [6, 6.07) is 0.0820. The molecule has 2 aromatic rings. The molecule has 0 saturated carbocycles. The molecule has 0 radical (unpaired) electrons. The van der Waals surface area contributed by atoms with Crippen molar-refractivity contribution in [2.45, 2.75) is 38.8 Å². The number of anilines is 1. The number of nitrogens with zero attached hydrogens (tertiary/aromatic N) is 4. The molecule has 0 aromatic carbocycles. The predicted molar refractivity (Wildman–Crippen MR) is 95.5 cm³/mol. The molecule has 1 fully saturated rings. The second kappa shape index (κ2) is 6.40. The van der Waals surface area contributed by atoms with Gasteiger partial charge in [0.2, 0.25) is 0 Å². The van der Waals surface area contributed by atoms with Crippen LogP contribution in [0.2, 0.25) is 5.15 Å². The van der Waals surface area contributed by atoms with Gasteiger partial charge < -0.3 is 15.0 Å². The van der Waals surface area contributed by atoms with Gasteiger partial charge in [0.25, 0.3) is 0 Å². The molecule has 1 atom stereocenters. The Labute approximate surface area is 153 Å². The normalized spacial score (nSPS) is 18.2. The summed E-state index contributed by atoms with van der Waals surface area (Å²) in [4.78, 5) is 22.6. The number of hydrogen-bond acceptors (Lipinski definition) is 5. The van der Waals surface area contributed by atoms with Crippen LogP contribution >= 0.6 is 27.5 Å². The Balaban J connectivity index is 1.71. The maximum Gasteiger partial charge on any atom is 0.410 e. The van der Waals surface area contributed by atoms with Crippen molar-refractivity contribution in [3.8, 4) is 0 Å². The fraction of sp³-hybridized carbons (Fsp3) is 0.533. The van der Waals surface area contributed by atoms with Gasteiger partial charge in [-0.15, -0.1) is 0 Å². The van der Waals surface area contributed by atoms with Crippen molar-refractivity contribution in [3.05, 3.63) is 22.1 Å². The number of fused-ring (bicyclic) bond motifs is 1. The number of carbonyl (C=O) groups is 1. The molecule has 24 heavy (non-hydrogen) atoms. The van der Waals surface area contributed by atoms with Crippen molar-refractivity contribution in [1.29, 1.82) is 0 Å². The number of amides is 1. The van der Waals surface area contributed by atoms with Gasteiger partial charge in [-0.05, 0) is 43.1 Å². The summed E-state index contributed by atoms with van der Waals surface area (Å²) in [6.45, 7) is 6.79. The zero-order valence-electron chi connectivity index (χ0n) is 13.7. The molecule has 1 aliphatic heterocycles. The molecule has 0 unspecified atom stereocenters. The Kier molecular flexibility index (Phi) is 4.61. The highest BCUT2D eigenvalue weighted by Crippen LogP contribution is 2.27. The Morgan fingerprint density at radius 3 is 2.96 bits per heavy atom. The Bertz CT molecular complexity index is 773. The maximum absolute atomic E-state index is 12.1. The summed E-state index contributed by atoms with van der Waals surface area (Å²) < 4.78 is 7.71. The lowest BCUT2D eigenvalue weighted by molar-refractivity contribution is 0.0293. The van der Waals surface area contributed by atoms with Crippen molar-refractivity contribution >= 4 is 45.1 Å². The van der Waals surface area contributed by atoms with Crippen LogP contribution in [-0.4, -0.2) is 50.1 Å². The lowest BCUT2D eigenvalue weighted by atomic mass is 10.2. The van der Waals surface area contributed by atoms with Crippen LogP contribution in [0.3, 0.4) is 0 Å². The minimum atomic E-state index is -0.493. The van der Waals surface area contributed by atoms with E-state index in [0.29, 0.717) is 34.3 Å². The smallest absolute Gasteiger partial charge is 0.410 e. The zero-order chi connectivity index (χ0) is 17.5. The van der Waals surface area contributed by atoms with E-state index < -0.39 is 5.60 Å². The quantitative estimate of drug-likeness (QED) is 0.810. The summed E-state index contributed by atoms with van der Waals surface area (Å²) >= 11 is 9.55. The Hall–Kier alpha value is -1.54. The lowest BCUT2D eigenvalue weighted by Gasteiger charge is -2.24. The molecule has 1 N–H and O–H groups in total. The van der Waals surface area contributed by atoms with Gasteiger partial charge in [0.1, 0.15) is 15.4 Å². The fourth-order valence-electron chi connectivity index (χ4n) is 2.59. The highest BCUT2D eigenvalue weighted by atomic mass is 79.9. The van der Waals surface area contributed by atoms with Crippen LogP contribution in [0.15, 0.2) is 17.0 Å². The van der Waals surface area contributed by atoms with Gasteiger partial charge in [0, 0.05) is 31.5 Å². The number of hydrogen-bond donors (Lipinski definition) is 1. The average Bonchev–Trinajstić information content (AvgIpc) is 3.12. The molecule has 3 heterocycles. The molecule has 0 aliphatic carbocycles. The number of carbonyl (C=O) groups excluding carboxylic acids is 1. The average molecular weight is 417 g/mol. The second-order valence-corrected chi connectivity index (χ2v) is 7.83. The number of rotatable bonds is 2. The maximum atomic E-state index is 12.1. The predicted octanol–water partition coefficient (Wildman–Crippen LogP) is 3.57. The monoisotopic (exact) mass is 415 g/mol. The van der Waals surface area contributed by atoms with Gasteiger partial charge in [0.05, 0.1) is 0 Å². The van der Waals surface area contributed by atoms with Crippen LogP contribution in [0, 0.1) is 0 Å². The van der Waals surface area contributed by atoms with Gasteiger partial charge in [-0.1, -0.05) is 11.6 Å². The van der Waals surface area contributed by atoms with Gasteiger partial charge in [-0.3, -0.25) is 4.40 Å². The molecule has 3 rings (SSSR count). The van der Waals surface area contributed by atoms with Gasteiger partial charge in [-0.25, -0.2) is 14.8 Å². The number of ether oxygens (including phenoxy) is 1. The SMILES string of the molecule is CC(C)(C)OC(=O)N1CC[C@H](Nc2nc(Br)c(Cl)n3ccnc23)C1. The first-order valence-corrected chi connectivity index (χ1v) is 8.84. The minimum absolute atomic E-state index is 0.0820. The van der Waals surface area contributed by atoms with Crippen molar-refractivity contribution < 1.29 is 9.53 Å². The second-order valence-electron chi connectivity index (χ2n) is 6.72. The molecule has 2 aromatic heterocycles. The molecule has 9 heteroatoms. The Morgan fingerprint density at radius 2 is 2.25 bits per heavy atom. The van der Waals surface area contributed by atoms with Crippen LogP contribution < -0.4 is 5.32 Å². The van der Waals surface area contributed by atoms with Crippen molar-refractivity contribution in [1.82, 2.24) is 19.3 Å². The van der Waals surface area contributed by atoms with E-state index in [0.717, 1.165) is 6.42 Å². The standard InChI is InChI=1S/C15H19BrClN5O2/c1-15(2,3)24-14(23)21-6-4-9(8-21)19-12-13-18-5-7-22(13)11(17)10(16)20-12/h5,7,9H,4,6,8H2,1-3H3,(H,19,20)/t9-/m0/s1. The molecule has 1 amide bonds. The molecular weight excluding hydrogens is 398 g/mol. The van der Waals surface area contributed by atoms with E-state index >= 15 is 0 Å². The van der Waals surface area contributed by atoms with E-state index in [1.54, 1.807) is 21.7 Å². The van der Waals surface area contributed by atoms with Crippen LogP contribution in [0.4, 0.5) is 10.6 Å². The van der Waals surface area contributed by atoms with Crippen molar-refractivity contribution in [2.24, 2.45) is 0 Å². The minimum Gasteiger partial charge on any atom is -0.444 e. The molecule has 1 saturated heterocycles. The van der Waals surface area contributed by atoms with Crippen LogP contribution in [0.1, 0.15) is 27.2 Å². The topological polar surface area (TPSA) is 71.8 Å². The highest BCUT2D eigenvalue weighted by molar-refractivity contribution is 9.10. The summed E-state index contributed by atoms with van der Waals surface area (Å²) in [7, 11) is 0. The summed E-state index contributed by atoms with van der Waals surface area (Å²) in [6.07, 6.45) is 3.97. The van der Waals surface area contributed by atoms with E-state index in [4.69, 9.17) is 16.3 Å². The molecule has 7 nitrogen and oxygen atoms in total. The van der Waals surface area contributed by atoms with Crippen LogP contribution in [0.25, 0.3) is 5.65 Å². The van der Waals surface area contributed by atoms with E-state index in [2.05, 4.69) is 31.2 Å². The summed E-state index contributed by atoms with van der Waals surface area (Å²) in [5, 5.41) is 3.82. The molecule has 0 bridgehead atoms. The summed E-state index contributed by atoms with van der Waals surface area (Å²) in [5.41, 5.74) is 0.159. The van der Waals surface area contributed by atoms with E-state index in [9.17, 15) is 4.79 Å². The number of nitrogens with one attached hydrogen (secondary N) is 1. The lowest BCUT2D eigenvalue weighted by Crippen LogP contribution is -2.36. The third-order valence-electron chi connectivity index (χ3n) is 3.63. The van der Waals surface area contributed by atoms with E-state index in [-0.39, 0.29) is 12.1 Å². The Morgan fingerprint density at radius 1 is 1.50 bits per heavy atom. The van der Waals surface area contributed by atoms with E-state index in [1.165, 1.54) is 0 Å². The number of halogens is 2. The number of likely N-dealkylation sites (tertiary alicyclic amines) is 1. The first kappa shape index (κ1) is 17.3. The zero-order valence-corrected chi connectivity index (χ0v) is 16.1. The molecular formula is C15H19BrClN5O2. The third-order valence-corrected chi connectivity index (χ3v) is 4.77. The first-order valence-electron chi connectivity index (χ1n) is 7.67. The third kappa shape index (κ3) is 3.59.